The summed E-state index contributed by atoms with van der Waals surface area (Å²) in [5.41, 5.74) is -4.93. The van der Waals surface area contributed by atoms with Crippen molar-refractivity contribution >= 4 is 15.9 Å². The van der Waals surface area contributed by atoms with E-state index in [1.165, 1.54) is 12.1 Å². The van der Waals surface area contributed by atoms with Crippen molar-refractivity contribution in [1.29, 1.82) is 0 Å². The molecule has 0 amide bonds. The second kappa shape index (κ2) is 7.74. The number of aromatic amines is 1. The van der Waals surface area contributed by atoms with Crippen LogP contribution in [0.3, 0.4) is 0 Å². The van der Waals surface area contributed by atoms with Crippen molar-refractivity contribution in [3.05, 3.63) is 79.3 Å². The number of alkyl halides is 3. The molecule has 0 saturated carbocycles. The Kier molecular flexibility index (Phi) is 5.51. The molecule has 2 aromatic carbocycles. The summed E-state index contributed by atoms with van der Waals surface area (Å²) in [4.78, 5) is 25.7. The number of H-pyrrole nitrogens is 1. The summed E-state index contributed by atoms with van der Waals surface area (Å²) < 4.78 is 63.9. The topological polar surface area (TPSA) is 73.3 Å². The van der Waals surface area contributed by atoms with Crippen LogP contribution in [0.15, 0.2) is 56.5 Å². The molecule has 0 saturated heterocycles. The molecule has 0 radical (unpaired) electrons. The molecule has 29 heavy (non-hydrogen) atoms. The van der Waals surface area contributed by atoms with Gasteiger partial charge in [-0.05, 0) is 34.1 Å². The molecule has 6 nitrogen and oxygen atoms in total. The van der Waals surface area contributed by atoms with Crippen LogP contribution < -0.4 is 20.7 Å². The van der Waals surface area contributed by atoms with E-state index < -0.39 is 34.6 Å². The van der Waals surface area contributed by atoms with Gasteiger partial charge in [-0.25, -0.2) is 13.8 Å². The SMILES string of the molecule is COc1ccccc1Oc1cc(-n2c(=O)cc(C(F)(F)F)[nH]c2=O)c(F)cc1Br. The fourth-order valence-electron chi connectivity index (χ4n) is 2.47. The largest absolute Gasteiger partial charge is 0.493 e. The van der Waals surface area contributed by atoms with Gasteiger partial charge < -0.3 is 14.5 Å². The molecular formula is C18H11BrF4N2O4. The molecular weight excluding hydrogens is 464 g/mol. The van der Waals surface area contributed by atoms with E-state index >= 15 is 0 Å². The molecule has 0 fully saturated rings. The smallest absolute Gasteiger partial charge is 0.431 e. The van der Waals surface area contributed by atoms with Gasteiger partial charge in [-0.1, -0.05) is 12.1 Å². The molecule has 3 rings (SSSR count). The summed E-state index contributed by atoms with van der Waals surface area (Å²) in [6.45, 7) is 0. The quantitative estimate of drug-likeness (QED) is 0.573. The number of benzene rings is 2. The Morgan fingerprint density at radius 1 is 1.03 bits per heavy atom. The molecule has 152 valence electrons. The fourth-order valence-corrected chi connectivity index (χ4v) is 2.86. The minimum atomic E-state index is -4.94. The number of ether oxygens (including phenoxy) is 2. The standard InChI is InChI=1S/C18H11BrF4N2O4/c1-28-12-4-2-3-5-13(12)29-14-7-11(10(20)6-9(14)19)25-16(26)8-15(18(21,22)23)24-17(25)27/h2-8H,1H3,(H,24,27). The van der Waals surface area contributed by atoms with Crippen LogP contribution in [0.4, 0.5) is 17.6 Å². The van der Waals surface area contributed by atoms with Crippen LogP contribution in [0, 0.1) is 5.82 Å². The van der Waals surface area contributed by atoms with E-state index in [1.807, 2.05) is 0 Å². The van der Waals surface area contributed by atoms with E-state index in [-0.39, 0.29) is 26.6 Å². The monoisotopic (exact) mass is 474 g/mol. The third kappa shape index (κ3) is 4.19. The van der Waals surface area contributed by atoms with Crippen LogP contribution in [0.1, 0.15) is 5.69 Å². The Balaban J connectivity index is 2.14. The normalized spacial score (nSPS) is 11.4. The predicted octanol–water partition coefficient (Wildman–Crippen LogP) is 4.25. The fraction of sp³-hybridized carbons (Fsp3) is 0.111. The molecule has 1 N–H and O–H groups in total. The Morgan fingerprint density at radius 3 is 2.28 bits per heavy atom. The first-order chi connectivity index (χ1) is 13.6. The average Bonchev–Trinajstić information content (AvgIpc) is 2.64. The van der Waals surface area contributed by atoms with E-state index in [2.05, 4.69) is 15.9 Å². The zero-order chi connectivity index (χ0) is 21.3. The average molecular weight is 475 g/mol. The van der Waals surface area contributed by atoms with Gasteiger partial charge in [-0.2, -0.15) is 13.2 Å². The highest BCUT2D eigenvalue weighted by Crippen LogP contribution is 2.36. The first-order valence-corrected chi connectivity index (χ1v) is 8.65. The van der Waals surface area contributed by atoms with Crippen LogP contribution in [0.25, 0.3) is 5.69 Å². The summed E-state index contributed by atoms with van der Waals surface area (Å²) in [5.74, 6) is -0.425. The number of nitrogens with one attached hydrogen (secondary N) is 1. The maximum absolute atomic E-state index is 14.4. The molecule has 0 aliphatic rings. The number of rotatable bonds is 4. The first-order valence-electron chi connectivity index (χ1n) is 7.85. The van der Waals surface area contributed by atoms with Crippen LogP contribution in [-0.2, 0) is 6.18 Å². The van der Waals surface area contributed by atoms with Crippen LogP contribution >= 0.6 is 15.9 Å². The van der Waals surface area contributed by atoms with Crippen molar-refractivity contribution < 1.29 is 27.0 Å². The summed E-state index contributed by atoms with van der Waals surface area (Å²) >= 11 is 3.10. The van der Waals surface area contributed by atoms with Crippen molar-refractivity contribution in [2.45, 2.75) is 6.18 Å². The van der Waals surface area contributed by atoms with Gasteiger partial charge in [-0.3, -0.25) is 4.79 Å². The number of hydrogen-bond donors (Lipinski definition) is 1. The predicted molar refractivity (Wildman–Crippen MR) is 98.4 cm³/mol. The van der Waals surface area contributed by atoms with Crippen LogP contribution in [-0.4, -0.2) is 16.7 Å². The van der Waals surface area contributed by atoms with Gasteiger partial charge >= 0.3 is 11.9 Å². The number of para-hydroxylation sites is 2. The Bertz CT molecular complexity index is 1160. The zero-order valence-corrected chi connectivity index (χ0v) is 16.1. The first kappa shape index (κ1) is 20.6. The van der Waals surface area contributed by atoms with Gasteiger partial charge in [0.2, 0.25) is 0 Å². The molecule has 1 heterocycles. The van der Waals surface area contributed by atoms with Crippen molar-refractivity contribution in [1.82, 2.24) is 9.55 Å². The van der Waals surface area contributed by atoms with Gasteiger partial charge in [0.1, 0.15) is 17.3 Å². The van der Waals surface area contributed by atoms with Gasteiger partial charge in [0.15, 0.2) is 11.5 Å². The highest BCUT2D eigenvalue weighted by molar-refractivity contribution is 9.10. The van der Waals surface area contributed by atoms with E-state index in [0.29, 0.717) is 5.75 Å². The van der Waals surface area contributed by atoms with E-state index in [9.17, 15) is 27.2 Å². The van der Waals surface area contributed by atoms with E-state index in [1.54, 1.807) is 24.3 Å². The minimum absolute atomic E-state index is 0.00269. The lowest BCUT2D eigenvalue weighted by atomic mass is 10.2. The van der Waals surface area contributed by atoms with Crippen molar-refractivity contribution in [2.24, 2.45) is 0 Å². The van der Waals surface area contributed by atoms with Gasteiger partial charge in [-0.15, -0.1) is 0 Å². The molecule has 1 aromatic heterocycles. The molecule has 3 aromatic rings. The summed E-state index contributed by atoms with van der Waals surface area (Å²) in [6, 6.07) is 8.62. The number of hydrogen-bond acceptors (Lipinski definition) is 4. The van der Waals surface area contributed by atoms with Gasteiger partial charge in [0, 0.05) is 12.1 Å². The Hall–Kier alpha value is -3.08. The zero-order valence-electron chi connectivity index (χ0n) is 14.5. The van der Waals surface area contributed by atoms with Crippen molar-refractivity contribution in [2.75, 3.05) is 7.11 Å². The molecule has 0 atom stereocenters. The second-order valence-electron chi connectivity index (χ2n) is 5.65. The molecule has 11 heteroatoms. The maximum atomic E-state index is 14.4. The number of aromatic nitrogens is 2. The highest BCUT2D eigenvalue weighted by atomic mass is 79.9. The third-order valence-electron chi connectivity index (χ3n) is 3.77. The number of nitrogens with zero attached hydrogens (tertiary/aromatic N) is 1. The van der Waals surface area contributed by atoms with Crippen molar-refractivity contribution in [3.8, 4) is 22.9 Å². The van der Waals surface area contributed by atoms with E-state index in [4.69, 9.17) is 9.47 Å². The summed E-state index contributed by atoms with van der Waals surface area (Å²) in [7, 11) is 1.41. The maximum Gasteiger partial charge on any atom is 0.431 e. The summed E-state index contributed by atoms with van der Waals surface area (Å²) in [6.07, 6.45) is -4.94. The molecule has 0 aliphatic heterocycles. The molecule has 0 aliphatic carbocycles. The van der Waals surface area contributed by atoms with Crippen molar-refractivity contribution in [3.63, 3.8) is 0 Å². The Morgan fingerprint density at radius 2 is 1.69 bits per heavy atom. The number of halogens is 5. The molecule has 0 unspecified atom stereocenters. The lowest BCUT2D eigenvalue weighted by Gasteiger charge is -2.14. The van der Waals surface area contributed by atoms with Gasteiger partial charge in [0.05, 0.1) is 17.3 Å². The van der Waals surface area contributed by atoms with Crippen LogP contribution in [0.5, 0.6) is 17.2 Å². The minimum Gasteiger partial charge on any atom is -0.493 e. The molecule has 0 bridgehead atoms. The van der Waals surface area contributed by atoms with E-state index in [0.717, 1.165) is 12.1 Å². The lowest BCUT2D eigenvalue weighted by Crippen LogP contribution is -2.36. The second-order valence-corrected chi connectivity index (χ2v) is 6.50. The van der Waals surface area contributed by atoms with Gasteiger partial charge in [0.25, 0.3) is 5.56 Å². The summed E-state index contributed by atoms with van der Waals surface area (Å²) in [5, 5.41) is 0. The third-order valence-corrected chi connectivity index (χ3v) is 4.39. The van der Waals surface area contributed by atoms with Crippen LogP contribution in [0.2, 0.25) is 0 Å². The molecule has 0 spiro atoms. The lowest BCUT2D eigenvalue weighted by molar-refractivity contribution is -0.141. The highest BCUT2D eigenvalue weighted by Gasteiger charge is 2.33. The number of methoxy groups -OCH3 is 1. The Labute approximate surface area is 168 Å².